The first kappa shape index (κ1) is 16.7. The third-order valence-corrected chi connectivity index (χ3v) is 9.69. The Kier molecular flexibility index (Phi) is 7.72. The molecule has 1 nitrogen and oxygen atoms in total. The fourth-order valence-corrected chi connectivity index (χ4v) is 8.34. The highest BCUT2D eigenvalue weighted by Gasteiger charge is 2.44. The van der Waals surface area contributed by atoms with Gasteiger partial charge in [-0.2, -0.15) is 0 Å². The number of allylic oxidation sites excluding steroid dienone is 2. The third kappa shape index (κ3) is 4.44. The Hall–Kier alpha value is -0.343. The maximum atomic E-state index is 6.38. The van der Waals surface area contributed by atoms with Gasteiger partial charge in [0.25, 0.3) is 0 Å². The second-order valence-electron chi connectivity index (χ2n) is 5.62. The summed E-state index contributed by atoms with van der Waals surface area (Å²) < 4.78 is 6.38. The van der Waals surface area contributed by atoms with Crippen molar-refractivity contribution in [2.75, 3.05) is 6.61 Å². The van der Waals surface area contributed by atoms with Crippen LogP contribution >= 0.6 is 0 Å². The van der Waals surface area contributed by atoms with Crippen LogP contribution in [0.5, 0.6) is 0 Å². The lowest BCUT2D eigenvalue weighted by molar-refractivity contribution is 0.316. The lowest BCUT2D eigenvalue weighted by Gasteiger charge is -2.41. The summed E-state index contributed by atoms with van der Waals surface area (Å²) in [5.74, 6) is 0. The standard InChI is InChI=1S/C15H30OSi/c1-8-9-10-11-12-16-17(13(2)3,14(4)5)15(6)7/h8,10-11,13-15H,1,9,12H2,2-7H3/b11-10+. The largest absolute Gasteiger partial charge is 0.412 e. The van der Waals surface area contributed by atoms with Crippen LogP contribution in [0.15, 0.2) is 24.8 Å². The van der Waals surface area contributed by atoms with E-state index in [1.165, 1.54) is 0 Å². The highest BCUT2D eigenvalue weighted by atomic mass is 28.4. The molecule has 0 aromatic rings. The van der Waals surface area contributed by atoms with E-state index in [0.29, 0.717) is 16.6 Å². The van der Waals surface area contributed by atoms with E-state index in [4.69, 9.17) is 4.43 Å². The van der Waals surface area contributed by atoms with Gasteiger partial charge in [0, 0.05) is 0 Å². The molecule has 0 saturated carbocycles. The second-order valence-corrected chi connectivity index (χ2v) is 11.1. The van der Waals surface area contributed by atoms with Crippen LogP contribution in [0.2, 0.25) is 16.6 Å². The van der Waals surface area contributed by atoms with Crippen LogP contribution in [0.3, 0.4) is 0 Å². The topological polar surface area (TPSA) is 9.23 Å². The Balaban J connectivity index is 4.64. The lowest BCUT2D eigenvalue weighted by Crippen LogP contribution is -2.47. The van der Waals surface area contributed by atoms with E-state index in [2.05, 4.69) is 60.3 Å². The molecule has 2 heteroatoms. The summed E-state index contributed by atoms with van der Waals surface area (Å²) >= 11 is 0. The maximum Gasteiger partial charge on any atom is 0.200 e. The Bertz CT molecular complexity index is 220. The van der Waals surface area contributed by atoms with Crippen molar-refractivity contribution in [1.82, 2.24) is 0 Å². The zero-order valence-corrected chi connectivity index (χ0v) is 13.5. The van der Waals surface area contributed by atoms with E-state index in [0.717, 1.165) is 13.0 Å². The van der Waals surface area contributed by atoms with E-state index in [1.54, 1.807) is 0 Å². The van der Waals surface area contributed by atoms with Gasteiger partial charge in [0.2, 0.25) is 8.32 Å². The van der Waals surface area contributed by atoms with Crippen molar-refractivity contribution < 1.29 is 4.43 Å². The maximum absolute atomic E-state index is 6.38. The van der Waals surface area contributed by atoms with Crippen molar-refractivity contribution in [3.05, 3.63) is 24.8 Å². The summed E-state index contributed by atoms with van der Waals surface area (Å²) in [6.07, 6.45) is 7.11. The fourth-order valence-electron chi connectivity index (χ4n) is 2.95. The molecule has 0 unspecified atom stereocenters. The average Bonchev–Trinajstić information content (AvgIpc) is 2.21. The van der Waals surface area contributed by atoms with Crippen LogP contribution in [0, 0.1) is 0 Å². The minimum Gasteiger partial charge on any atom is -0.412 e. The molecule has 0 aliphatic rings. The van der Waals surface area contributed by atoms with E-state index in [9.17, 15) is 0 Å². The van der Waals surface area contributed by atoms with Crippen molar-refractivity contribution in [3.63, 3.8) is 0 Å². The summed E-state index contributed by atoms with van der Waals surface area (Å²) in [4.78, 5) is 0. The van der Waals surface area contributed by atoms with Crippen molar-refractivity contribution in [3.8, 4) is 0 Å². The van der Waals surface area contributed by atoms with Gasteiger partial charge in [0.1, 0.15) is 0 Å². The van der Waals surface area contributed by atoms with Gasteiger partial charge in [-0.1, -0.05) is 59.8 Å². The summed E-state index contributed by atoms with van der Waals surface area (Å²) in [6.45, 7) is 18.4. The predicted octanol–water partition coefficient (Wildman–Crippen LogP) is 5.31. The van der Waals surface area contributed by atoms with E-state index < -0.39 is 8.32 Å². The second kappa shape index (κ2) is 7.88. The monoisotopic (exact) mass is 254 g/mol. The first-order chi connectivity index (χ1) is 7.89. The molecule has 0 saturated heterocycles. The molecule has 0 aromatic carbocycles. The van der Waals surface area contributed by atoms with E-state index in [-0.39, 0.29) is 0 Å². The first-order valence-electron chi connectivity index (χ1n) is 6.79. The molecule has 0 aliphatic carbocycles. The number of rotatable bonds is 8. The van der Waals surface area contributed by atoms with Crippen molar-refractivity contribution in [1.29, 1.82) is 0 Å². The van der Waals surface area contributed by atoms with Crippen LogP contribution in [-0.4, -0.2) is 14.9 Å². The van der Waals surface area contributed by atoms with Gasteiger partial charge in [0.05, 0.1) is 6.61 Å². The molecular weight excluding hydrogens is 224 g/mol. The molecule has 17 heavy (non-hydrogen) atoms. The molecule has 0 heterocycles. The van der Waals surface area contributed by atoms with Crippen LogP contribution in [0.1, 0.15) is 48.0 Å². The van der Waals surface area contributed by atoms with Crippen molar-refractivity contribution in [2.45, 2.75) is 64.6 Å². The number of hydrogen-bond acceptors (Lipinski definition) is 1. The van der Waals surface area contributed by atoms with Crippen molar-refractivity contribution >= 4 is 8.32 Å². The third-order valence-electron chi connectivity index (χ3n) is 3.61. The van der Waals surface area contributed by atoms with Gasteiger partial charge < -0.3 is 4.43 Å². The summed E-state index contributed by atoms with van der Waals surface area (Å²) in [7, 11) is -1.66. The quantitative estimate of drug-likeness (QED) is 0.421. The molecule has 0 radical (unpaired) electrons. The molecule has 0 N–H and O–H groups in total. The Labute approximate surface area is 109 Å². The highest BCUT2D eigenvalue weighted by Crippen LogP contribution is 2.42. The van der Waals surface area contributed by atoms with Gasteiger partial charge in [-0.15, -0.1) is 6.58 Å². The van der Waals surface area contributed by atoms with Crippen LogP contribution < -0.4 is 0 Å². The Morgan fingerprint density at radius 1 is 0.941 bits per heavy atom. The minimum absolute atomic E-state index is 0.662. The lowest BCUT2D eigenvalue weighted by atomic mass is 10.4. The van der Waals surface area contributed by atoms with E-state index in [1.807, 2.05) is 6.08 Å². The number of hydrogen-bond donors (Lipinski definition) is 0. The molecule has 100 valence electrons. The smallest absolute Gasteiger partial charge is 0.200 e. The molecule has 0 aromatic heterocycles. The van der Waals surface area contributed by atoms with Crippen LogP contribution in [-0.2, 0) is 4.43 Å². The molecule has 0 amide bonds. The summed E-state index contributed by atoms with van der Waals surface area (Å²) in [5.41, 5.74) is 1.99. The molecule has 0 rings (SSSR count). The zero-order valence-electron chi connectivity index (χ0n) is 12.5. The van der Waals surface area contributed by atoms with Gasteiger partial charge >= 0.3 is 0 Å². The fraction of sp³-hybridized carbons (Fsp3) is 0.733. The van der Waals surface area contributed by atoms with Gasteiger partial charge in [-0.25, -0.2) is 0 Å². The summed E-state index contributed by atoms with van der Waals surface area (Å²) in [6, 6.07) is 0. The molecule has 0 fully saturated rings. The van der Waals surface area contributed by atoms with Gasteiger partial charge in [-0.05, 0) is 23.0 Å². The van der Waals surface area contributed by atoms with Crippen molar-refractivity contribution in [2.24, 2.45) is 0 Å². The van der Waals surface area contributed by atoms with E-state index >= 15 is 0 Å². The normalized spacial score (nSPS) is 13.2. The van der Waals surface area contributed by atoms with Crippen LogP contribution in [0.25, 0.3) is 0 Å². The van der Waals surface area contributed by atoms with Gasteiger partial charge in [-0.3, -0.25) is 0 Å². The Morgan fingerprint density at radius 2 is 1.41 bits per heavy atom. The molecule has 0 bridgehead atoms. The first-order valence-corrected chi connectivity index (χ1v) is 8.93. The van der Waals surface area contributed by atoms with Gasteiger partial charge in [0.15, 0.2) is 0 Å². The predicted molar refractivity (Wildman–Crippen MR) is 81.0 cm³/mol. The average molecular weight is 254 g/mol. The molecule has 0 spiro atoms. The zero-order chi connectivity index (χ0) is 13.5. The Morgan fingerprint density at radius 3 is 1.76 bits per heavy atom. The molecular formula is C15H30OSi. The molecule has 0 aliphatic heterocycles. The summed E-state index contributed by atoms with van der Waals surface area (Å²) in [5, 5.41) is 0. The molecule has 0 atom stereocenters. The minimum atomic E-state index is -1.66. The highest BCUT2D eigenvalue weighted by molar-refractivity contribution is 6.77. The van der Waals surface area contributed by atoms with Crippen LogP contribution in [0.4, 0.5) is 0 Å². The SMILES string of the molecule is C=CC/C=C/CO[Si](C(C)C)(C(C)C)C(C)C.